The van der Waals surface area contributed by atoms with Crippen molar-refractivity contribution in [1.29, 1.82) is 5.26 Å². The number of aromatic nitrogens is 2. The molecule has 2 aromatic carbocycles. The van der Waals surface area contributed by atoms with Gasteiger partial charge in [-0.2, -0.15) is 5.26 Å². The molecule has 1 aliphatic rings. The summed E-state index contributed by atoms with van der Waals surface area (Å²) in [4.78, 5) is 11.9. The maximum Gasteiger partial charge on any atom is 0.152 e. The van der Waals surface area contributed by atoms with Crippen molar-refractivity contribution in [3.05, 3.63) is 76.7 Å². The Bertz CT molecular complexity index is 1450. The summed E-state index contributed by atoms with van der Waals surface area (Å²) in [7, 11) is 0. The van der Waals surface area contributed by atoms with Crippen LogP contribution in [0, 0.1) is 17.1 Å². The topological polar surface area (TPSA) is 64.8 Å². The highest BCUT2D eigenvalue weighted by Crippen LogP contribution is 2.41. The van der Waals surface area contributed by atoms with Gasteiger partial charge >= 0.3 is 0 Å². The van der Waals surface area contributed by atoms with E-state index in [0.29, 0.717) is 38.9 Å². The molecule has 0 bridgehead atoms. The normalized spacial score (nSPS) is 13.9. The van der Waals surface area contributed by atoms with Gasteiger partial charge in [-0.25, -0.2) is 14.4 Å². The minimum absolute atomic E-state index is 0.221. The molecule has 0 unspecified atom stereocenters. The van der Waals surface area contributed by atoms with Crippen molar-refractivity contribution in [3.63, 3.8) is 0 Å². The van der Waals surface area contributed by atoms with Crippen molar-refractivity contribution in [2.24, 2.45) is 0 Å². The molecule has 1 aliphatic heterocycles. The van der Waals surface area contributed by atoms with Gasteiger partial charge in [0, 0.05) is 42.7 Å². The van der Waals surface area contributed by atoms with Gasteiger partial charge in [0.1, 0.15) is 17.7 Å². The maximum absolute atomic E-state index is 14.8. The fourth-order valence-electron chi connectivity index (χ4n) is 4.71. The molecule has 35 heavy (non-hydrogen) atoms. The van der Waals surface area contributed by atoms with Crippen LogP contribution < -0.4 is 10.2 Å². The number of benzene rings is 2. The quantitative estimate of drug-likeness (QED) is 0.375. The predicted octanol–water partition coefficient (Wildman–Crippen LogP) is 6.16. The summed E-state index contributed by atoms with van der Waals surface area (Å²) < 4.78 is 14.8. The van der Waals surface area contributed by atoms with E-state index in [4.69, 9.17) is 21.6 Å². The largest absolute Gasteiger partial charge is 0.353 e. The van der Waals surface area contributed by atoms with Crippen LogP contribution in [0.2, 0.25) is 5.02 Å². The Morgan fingerprint density at radius 2 is 1.71 bits per heavy atom. The Kier molecular flexibility index (Phi) is 6.38. The molecule has 0 amide bonds. The monoisotopic (exact) mass is 485 g/mol. The first-order valence-corrected chi connectivity index (χ1v) is 12.1. The fraction of sp³-hybridized carbons (Fsp3) is 0.250. The van der Waals surface area contributed by atoms with Gasteiger partial charge < -0.3 is 10.2 Å². The first kappa shape index (κ1) is 23.2. The Morgan fingerprint density at radius 3 is 2.40 bits per heavy atom. The molecule has 5 nitrogen and oxygen atoms in total. The zero-order chi connectivity index (χ0) is 24.5. The summed E-state index contributed by atoms with van der Waals surface area (Å²) in [6.45, 7) is 7.37. The van der Waals surface area contributed by atoms with E-state index in [2.05, 4.69) is 36.2 Å². The minimum atomic E-state index is -0.401. The molecule has 0 aliphatic carbocycles. The highest BCUT2D eigenvalue weighted by Gasteiger charge is 2.25. The lowest BCUT2D eigenvalue weighted by atomic mass is 9.90. The van der Waals surface area contributed by atoms with Crippen molar-refractivity contribution in [3.8, 4) is 28.5 Å². The molecule has 5 rings (SSSR count). The molecule has 1 saturated heterocycles. The van der Waals surface area contributed by atoms with Crippen LogP contribution in [0.15, 0.2) is 54.6 Å². The molecule has 1 fully saturated rings. The predicted molar refractivity (Wildman–Crippen MR) is 139 cm³/mol. The number of hydrogen-bond donors (Lipinski definition) is 1. The van der Waals surface area contributed by atoms with Crippen LogP contribution in [0.5, 0.6) is 0 Å². The number of pyridine rings is 2. The van der Waals surface area contributed by atoms with Crippen molar-refractivity contribution >= 4 is 28.3 Å². The standard InChI is InChI=1S/C28H25ClFN5/c1-17(2)18-7-3-4-8-19(18)25-24(16-31)33-28(35-13-11-32-12-14-35)21-15-22(29)26(34-27(21)25)20-9-5-6-10-23(20)30/h3-10,15,17,32H,11-14H2,1-2H3. The summed E-state index contributed by atoms with van der Waals surface area (Å²) in [5, 5.41) is 14.7. The third-order valence-corrected chi connectivity index (χ3v) is 6.70. The average Bonchev–Trinajstić information content (AvgIpc) is 2.88. The van der Waals surface area contributed by atoms with Crippen molar-refractivity contribution in [2.75, 3.05) is 31.1 Å². The van der Waals surface area contributed by atoms with E-state index in [1.807, 2.05) is 24.3 Å². The first-order valence-electron chi connectivity index (χ1n) is 11.7. The van der Waals surface area contributed by atoms with Crippen LogP contribution >= 0.6 is 11.6 Å². The molecule has 2 aromatic heterocycles. The molecule has 0 atom stereocenters. The molecule has 0 saturated carbocycles. The van der Waals surface area contributed by atoms with Crippen molar-refractivity contribution in [2.45, 2.75) is 19.8 Å². The van der Waals surface area contributed by atoms with Crippen molar-refractivity contribution in [1.82, 2.24) is 15.3 Å². The number of anilines is 1. The summed E-state index contributed by atoms with van der Waals surface area (Å²) in [5.41, 5.74) is 4.21. The Labute approximate surface area is 209 Å². The smallest absolute Gasteiger partial charge is 0.152 e. The Hall–Kier alpha value is -3.53. The van der Waals surface area contributed by atoms with Gasteiger partial charge in [0.25, 0.3) is 0 Å². The van der Waals surface area contributed by atoms with E-state index in [0.717, 1.165) is 42.7 Å². The number of nitriles is 1. The third-order valence-electron chi connectivity index (χ3n) is 6.41. The zero-order valence-corrected chi connectivity index (χ0v) is 20.4. The highest BCUT2D eigenvalue weighted by atomic mass is 35.5. The SMILES string of the molecule is CC(C)c1ccccc1-c1c(C#N)nc(N2CCNCC2)c2cc(Cl)c(-c3ccccc3F)nc12. The number of piperazine rings is 1. The van der Waals surface area contributed by atoms with Gasteiger partial charge in [-0.05, 0) is 35.2 Å². The maximum atomic E-state index is 14.8. The van der Waals surface area contributed by atoms with Gasteiger partial charge in [0.2, 0.25) is 0 Å². The van der Waals surface area contributed by atoms with E-state index >= 15 is 0 Å². The van der Waals surface area contributed by atoms with Crippen LogP contribution in [-0.2, 0) is 0 Å². The Balaban J connectivity index is 1.89. The second-order valence-electron chi connectivity index (χ2n) is 8.94. The van der Waals surface area contributed by atoms with Gasteiger partial charge in [-0.1, -0.05) is 61.8 Å². The molecule has 0 radical (unpaired) electrons. The molecule has 7 heteroatoms. The highest BCUT2D eigenvalue weighted by molar-refractivity contribution is 6.34. The summed E-state index contributed by atoms with van der Waals surface area (Å²) in [6.07, 6.45) is 0. The lowest BCUT2D eigenvalue weighted by molar-refractivity contribution is 0.586. The molecular formula is C28H25ClFN5. The van der Waals surface area contributed by atoms with Crippen LogP contribution in [0.1, 0.15) is 31.0 Å². The molecule has 1 N–H and O–H groups in total. The van der Waals surface area contributed by atoms with Crippen LogP contribution in [0.3, 0.4) is 0 Å². The van der Waals surface area contributed by atoms with Crippen LogP contribution in [0.4, 0.5) is 10.2 Å². The number of hydrogen-bond acceptors (Lipinski definition) is 5. The number of nitrogens with one attached hydrogen (secondary N) is 1. The van der Waals surface area contributed by atoms with Gasteiger partial charge in [0.05, 0.1) is 16.2 Å². The molecule has 0 spiro atoms. The molecule has 4 aromatic rings. The zero-order valence-electron chi connectivity index (χ0n) is 19.6. The van der Waals surface area contributed by atoms with Crippen molar-refractivity contribution < 1.29 is 4.39 Å². The molecule has 176 valence electrons. The third kappa shape index (κ3) is 4.22. The minimum Gasteiger partial charge on any atom is -0.353 e. The van der Waals surface area contributed by atoms with Gasteiger partial charge in [-0.15, -0.1) is 0 Å². The number of rotatable bonds is 4. The Morgan fingerprint density at radius 1 is 1.03 bits per heavy atom. The van der Waals surface area contributed by atoms with E-state index in [9.17, 15) is 9.65 Å². The van der Waals surface area contributed by atoms with Crippen LogP contribution in [0.25, 0.3) is 33.3 Å². The number of fused-ring (bicyclic) bond motifs is 1. The summed E-state index contributed by atoms with van der Waals surface area (Å²) >= 11 is 6.72. The van der Waals surface area contributed by atoms with E-state index in [-0.39, 0.29) is 5.92 Å². The number of nitrogens with zero attached hydrogens (tertiary/aromatic N) is 4. The molecule has 3 heterocycles. The second kappa shape index (κ2) is 9.61. The second-order valence-corrected chi connectivity index (χ2v) is 9.35. The number of halogens is 2. The van der Waals surface area contributed by atoms with Crippen LogP contribution in [-0.4, -0.2) is 36.1 Å². The lowest BCUT2D eigenvalue weighted by Gasteiger charge is -2.30. The van der Waals surface area contributed by atoms with Gasteiger partial charge in [0.15, 0.2) is 5.69 Å². The fourth-order valence-corrected chi connectivity index (χ4v) is 4.96. The lowest BCUT2D eigenvalue weighted by Crippen LogP contribution is -2.44. The van der Waals surface area contributed by atoms with E-state index < -0.39 is 5.82 Å². The first-order chi connectivity index (χ1) is 17.0. The summed E-state index contributed by atoms with van der Waals surface area (Å²) in [5.74, 6) is 0.500. The van der Waals surface area contributed by atoms with E-state index in [1.165, 1.54) is 6.07 Å². The van der Waals surface area contributed by atoms with Gasteiger partial charge in [-0.3, -0.25) is 0 Å². The average molecular weight is 486 g/mol. The van der Waals surface area contributed by atoms with E-state index in [1.54, 1.807) is 18.2 Å². The summed E-state index contributed by atoms with van der Waals surface area (Å²) in [6, 6.07) is 18.6. The molecular weight excluding hydrogens is 461 g/mol.